The lowest BCUT2D eigenvalue weighted by Gasteiger charge is -2.42. The van der Waals surface area contributed by atoms with Crippen LogP contribution < -0.4 is 0 Å². The highest BCUT2D eigenvalue weighted by molar-refractivity contribution is 5.66. The van der Waals surface area contributed by atoms with Crippen LogP contribution in [0.25, 0.3) is 0 Å². The van der Waals surface area contributed by atoms with Crippen LogP contribution in [0.3, 0.4) is 0 Å². The van der Waals surface area contributed by atoms with Crippen molar-refractivity contribution < 1.29 is 9.53 Å². The molecule has 0 aromatic heterocycles. The minimum atomic E-state index is -0.163. The first-order valence-electron chi connectivity index (χ1n) is 7.76. The van der Waals surface area contributed by atoms with Gasteiger partial charge in [0, 0.05) is 6.92 Å². The summed E-state index contributed by atoms with van der Waals surface area (Å²) in [6, 6.07) is 0. The predicted octanol–water partition coefficient (Wildman–Crippen LogP) is 3.96. The average Bonchev–Trinajstić information content (AvgIpc) is 2.89. The molecular weight excluding hydrogens is 236 g/mol. The van der Waals surface area contributed by atoms with E-state index in [0.29, 0.717) is 23.4 Å². The molecule has 0 radical (unpaired) electrons. The highest BCUT2D eigenvalue weighted by atomic mass is 16.5. The van der Waals surface area contributed by atoms with Gasteiger partial charge in [-0.3, -0.25) is 4.79 Å². The van der Waals surface area contributed by atoms with Crippen LogP contribution in [0.1, 0.15) is 53.4 Å². The third-order valence-corrected chi connectivity index (χ3v) is 6.67. The zero-order valence-corrected chi connectivity index (χ0v) is 12.7. The molecule has 2 saturated carbocycles. The Labute approximate surface area is 116 Å². The molecule has 0 aliphatic heterocycles. The van der Waals surface area contributed by atoms with Crippen LogP contribution in [0.15, 0.2) is 11.6 Å². The molecule has 0 N–H and O–H groups in total. The smallest absolute Gasteiger partial charge is 0.302 e. The molecule has 19 heavy (non-hydrogen) atoms. The lowest BCUT2D eigenvalue weighted by molar-refractivity contribution is -0.140. The van der Waals surface area contributed by atoms with E-state index in [4.69, 9.17) is 4.74 Å². The number of allylic oxidation sites excluding steroid dienone is 1. The van der Waals surface area contributed by atoms with E-state index < -0.39 is 0 Å². The number of carbonyl (C=O) groups excluding carboxylic acids is 1. The molecule has 3 aliphatic rings. The lowest BCUT2D eigenvalue weighted by atomic mass is 9.61. The molecule has 0 aromatic carbocycles. The Morgan fingerprint density at radius 1 is 1.37 bits per heavy atom. The van der Waals surface area contributed by atoms with E-state index >= 15 is 0 Å². The minimum absolute atomic E-state index is 0.163. The predicted molar refractivity (Wildman–Crippen MR) is 75.5 cm³/mol. The summed E-state index contributed by atoms with van der Waals surface area (Å²) in [6.45, 7) is 9.26. The summed E-state index contributed by atoms with van der Waals surface area (Å²) in [7, 11) is 0. The van der Waals surface area contributed by atoms with Crippen molar-refractivity contribution in [3.63, 3.8) is 0 Å². The molecule has 5 atom stereocenters. The Kier molecular flexibility index (Phi) is 2.85. The maximum absolute atomic E-state index is 11.1. The molecule has 0 aromatic rings. The van der Waals surface area contributed by atoms with Crippen molar-refractivity contribution in [3.8, 4) is 0 Å². The molecule has 2 heteroatoms. The second-order valence-corrected chi connectivity index (χ2v) is 7.34. The van der Waals surface area contributed by atoms with Crippen molar-refractivity contribution in [1.82, 2.24) is 0 Å². The van der Waals surface area contributed by atoms with Gasteiger partial charge in [0.05, 0.1) is 0 Å². The van der Waals surface area contributed by atoms with Crippen LogP contribution in [0, 0.1) is 28.6 Å². The van der Waals surface area contributed by atoms with Gasteiger partial charge in [-0.15, -0.1) is 0 Å². The van der Waals surface area contributed by atoms with Gasteiger partial charge in [-0.05, 0) is 59.8 Å². The number of ether oxygens (including phenoxy) is 1. The van der Waals surface area contributed by atoms with Crippen molar-refractivity contribution in [2.24, 2.45) is 28.6 Å². The molecule has 2 nitrogen and oxygen atoms in total. The standard InChI is InChI=1S/C17H26O2/c1-11-5-8-17-12(2)14(10-19-13(3)18)9-16(17,4)7-6-15(11)17/h9,11-12,15H,5-8,10H2,1-4H3/t11-,12-,15+,16+,17+/m1/s1. The van der Waals surface area contributed by atoms with Gasteiger partial charge in [-0.25, -0.2) is 0 Å². The van der Waals surface area contributed by atoms with E-state index in [0.717, 1.165) is 11.8 Å². The van der Waals surface area contributed by atoms with Gasteiger partial charge in [-0.1, -0.05) is 26.8 Å². The van der Waals surface area contributed by atoms with Gasteiger partial charge in [0.15, 0.2) is 0 Å². The molecule has 0 saturated heterocycles. The van der Waals surface area contributed by atoms with Crippen molar-refractivity contribution in [3.05, 3.63) is 11.6 Å². The fourth-order valence-electron chi connectivity index (χ4n) is 5.76. The molecular formula is C17H26O2. The fourth-order valence-corrected chi connectivity index (χ4v) is 5.76. The lowest BCUT2D eigenvalue weighted by Crippen LogP contribution is -2.38. The summed E-state index contributed by atoms with van der Waals surface area (Å²) in [4.78, 5) is 11.1. The molecule has 3 rings (SSSR count). The van der Waals surface area contributed by atoms with Crippen LogP contribution >= 0.6 is 0 Å². The number of hydrogen-bond acceptors (Lipinski definition) is 2. The first-order valence-corrected chi connectivity index (χ1v) is 7.76. The molecule has 0 amide bonds. The minimum Gasteiger partial charge on any atom is -0.461 e. The topological polar surface area (TPSA) is 26.3 Å². The third-order valence-electron chi connectivity index (χ3n) is 6.67. The Hall–Kier alpha value is -0.790. The number of carbonyl (C=O) groups is 1. The van der Waals surface area contributed by atoms with Crippen molar-refractivity contribution in [2.75, 3.05) is 6.61 Å². The van der Waals surface area contributed by atoms with Gasteiger partial charge in [-0.2, -0.15) is 0 Å². The summed E-state index contributed by atoms with van der Waals surface area (Å²) in [6.07, 6.45) is 7.91. The summed E-state index contributed by atoms with van der Waals surface area (Å²) in [5, 5.41) is 0. The van der Waals surface area contributed by atoms with E-state index in [1.807, 2.05) is 0 Å². The highest BCUT2D eigenvalue weighted by Crippen LogP contribution is 2.73. The Balaban J connectivity index is 1.90. The van der Waals surface area contributed by atoms with Crippen LogP contribution in [-0.4, -0.2) is 12.6 Å². The summed E-state index contributed by atoms with van der Waals surface area (Å²) < 4.78 is 5.27. The summed E-state index contributed by atoms with van der Waals surface area (Å²) >= 11 is 0. The summed E-state index contributed by atoms with van der Waals surface area (Å²) in [5.41, 5.74) is 2.18. The monoisotopic (exact) mass is 262 g/mol. The van der Waals surface area contributed by atoms with E-state index in [2.05, 4.69) is 26.8 Å². The van der Waals surface area contributed by atoms with Gasteiger partial charge >= 0.3 is 5.97 Å². The van der Waals surface area contributed by atoms with Crippen LogP contribution in [0.5, 0.6) is 0 Å². The number of esters is 1. The van der Waals surface area contributed by atoms with Gasteiger partial charge in [0.25, 0.3) is 0 Å². The van der Waals surface area contributed by atoms with Crippen molar-refractivity contribution >= 4 is 5.97 Å². The zero-order chi connectivity index (χ0) is 13.8. The van der Waals surface area contributed by atoms with Crippen LogP contribution in [0.4, 0.5) is 0 Å². The van der Waals surface area contributed by atoms with Gasteiger partial charge in [0.1, 0.15) is 6.61 Å². The molecule has 0 unspecified atom stereocenters. The fraction of sp³-hybridized carbons (Fsp3) is 0.824. The van der Waals surface area contributed by atoms with E-state index in [-0.39, 0.29) is 5.97 Å². The normalized spacial score (nSPS) is 47.8. The molecule has 0 bridgehead atoms. The SMILES string of the molecule is CC(=O)OCC1=C[C@]2(C)CC[C@H]3[C@H](C)CC[C@]32[C@@H]1C. The van der Waals surface area contributed by atoms with E-state index in [1.165, 1.54) is 38.2 Å². The maximum atomic E-state index is 11.1. The van der Waals surface area contributed by atoms with Gasteiger partial charge < -0.3 is 4.74 Å². The van der Waals surface area contributed by atoms with Crippen LogP contribution in [-0.2, 0) is 9.53 Å². The average molecular weight is 262 g/mol. The largest absolute Gasteiger partial charge is 0.461 e. The first kappa shape index (κ1) is 13.2. The first-order chi connectivity index (χ1) is 8.91. The number of hydrogen-bond donors (Lipinski definition) is 0. The van der Waals surface area contributed by atoms with E-state index in [1.54, 1.807) is 0 Å². The quantitative estimate of drug-likeness (QED) is 0.556. The molecule has 1 spiro atoms. The van der Waals surface area contributed by atoms with Crippen molar-refractivity contribution in [1.29, 1.82) is 0 Å². The molecule has 2 fully saturated rings. The van der Waals surface area contributed by atoms with Crippen molar-refractivity contribution in [2.45, 2.75) is 53.4 Å². The molecule has 3 aliphatic carbocycles. The van der Waals surface area contributed by atoms with E-state index in [9.17, 15) is 4.79 Å². The zero-order valence-electron chi connectivity index (χ0n) is 12.7. The Morgan fingerprint density at radius 3 is 2.79 bits per heavy atom. The highest BCUT2D eigenvalue weighted by Gasteiger charge is 2.65. The van der Waals surface area contributed by atoms with Crippen LogP contribution in [0.2, 0.25) is 0 Å². The van der Waals surface area contributed by atoms with Gasteiger partial charge in [0.2, 0.25) is 0 Å². The molecule has 106 valence electrons. The third kappa shape index (κ3) is 1.58. The summed E-state index contributed by atoms with van der Waals surface area (Å²) in [5.74, 6) is 2.16. The maximum Gasteiger partial charge on any atom is 0.302 e. The number of rotatable bonds is 2. The Morgan fingerprint density at radius 2 is 2.11 bits per heavy atom. The second-order valence-electron chi connectivity index (χ2n) is 7.34. The molecule has 0 heterocycles. The Bertz CT molecular complexity index is 439. The second kappa shape index (κ2) is 4.10.